The molecule has 4 heterocycles. The maximum absolute atomic E-state index is 13.5. The molecule has 8 rings (SSSR count). The summed E-state index contributed by atoms with van der Waals surface area (Å²) in [6.07, 6.45) is 1.25. The number of carbonyl (C=O) groups excluding carboxylic acids is 2. The molecular weight excluding hydrogens is 665 g/mol. The number of carbonyl (C=O) groups is 2. The van der Waals surface area contributed by atoms with Gasteiger partial charge in [-0.25, -0.2) is 9.97 Å². The second-order valence-corrected chi connectivity index (χ2v) is 13.8. The van der Waals surface area contributed by atoms with Gasteiger partial charge in [0.05, 0.1) is 40.6 Å². The molecule has 2 amide bonds. The minimum absolute atomic E-state index is 0.0844. The highest BCUT2D eigenvalue weighted by Crippen LogP contribution is 2.36. The number of benzene rings is 4. The second kappa shape index (κ2) is 14.6. The van der Waals surface area contributed by atoms with Crippen LogP contribution < -0.4 is 0 Å². The van der Waals surface area contributed by atoms with Crippen molar-refractivity contribution in [2.24, 2.45) is 0 Å². The molecule has 4 aromatic carbocycles. The average Bonchev–Trinajstić information content (AvgIpc) is 4.02. The Morgan fingerprint density at radius 2 is 1.47 bits per heavy atom. The van der Waals surface area contributed by atoms with Gasteiger partial charge >= 0.3 is 0 Å². The SMILES string of the molecule is CCCN(Cc1nc2ccc(-c3ccc(-c4ccc5nc([C@@H]6CCCN6C(=O)[C@H](O)c6ccccc6)[nH]c5c4)o3)cc2[nH]1)C(=O)[C@@H](C)c1ccccc1. The lowest BCUT2D eigenvalue weighted by molar-refractivity contribution is -0.141. The van der Waals surface area contributed by atoms with Crippen molar-refractivity contribution < 1.29 is 19.1 Å². The van der Waals surface area contributed by atoms with Crippen LogP contribution in [0.3, 0.4) is 0 Å². The van der Waals surface area contributed by atoms with E-state index in [0.29, 0.717) is 36.8 Å². The summed E-state index contributed by atoms with van der Waals surface area (Å²) in [5.74, 6) is 2.42. The number of aromatic amines is 2. The van der Waals surface area contributed by atoms with Gasteiger partial charge in [-0.15, -0.1) is 0 Å². The Kier molecular flexibility index (Phi) is 9.37. The van der Waals surface area contributed by atoms with Crippen molar-refractivity contribution in [3.8, 4) is 22.6 Å². The first-order valence-electron chi connectivity index (χ1n) is 18.3. The maximum Gasteiger partial charge on any atom is 0.256 e. The molecule has 53 heavy (non-hydrogen) atoms. The van der Waals surface area contributed by atoms with Gasteiger partial charge in [0.1, 0.15) is 23.2 Å². The standard InChI is InChI=1S/C43H42N6O4/c1-3-22-48(42(51)27(2)28-11-6-4-7-12-28)26-39-44-32-18-16-30(24-34(32)45-39)37-20-21-38(53-37)31-17-19-33-35(25-31)47-41(46-33)36-15-10-23-49(36)43(52)40(50)29-13-8-5-9-14-29/h4-9,11-14,16-21,24-25,27,36,40,50H,3,10,15,22-23,26H2,1-2H3,(H,44,45)(H,46,47)/t27-,36-,40+/m0/s1. The zero-order valence-corrected chi connectivity index (χ0v) is 29.8. The lowest BCUT2D eigenvalue weighted by Gasteiger charge is -2.25. The van der Waals surface area contributed by atoms with Gasteiger partial charge in [0.2, 0.25) is 5.91 Å². The number of aromatic nitrogens is 4. The third kappa shape index (κ3) is 6.85. The zero-order valence-electron chi connectivity index (χ0n) is 29.8. The van der Waals surface area contributed by atoms with Crippen molar-refractivity contribution in [2.45, 2.75) is 57.7 Å². The Labute approximate surface area is 307 Å². The molecule has 3 aromatic heterocycles. The van der Waals surface area contributed by atoms with Crippen molar-refractivity contribution in [3.63, 3.8) is 0 Å². The number of hydrogen-bond donors (Lipinski definition) is 3. The van der Waals surface area contributed by atoms with Gasteiger partial charge in [-0.05, 0) is 85.8 Å². The summed E-state index contributed by atoms with van der Waals surface area (Å²) in [7, 11) is 0. The first kappa shape index (κ1) is 34.1. The smallest absolute Gasteiger partial charge is 0.256 e. The Morgan fingerprint density at radius 3 is 2.13 bits per heavy atom. The largest absolute Gasteiger partial charge is 0.456 e. The lowest BCUT2D eigenvalue weighted by atomic mass is 9.99. The molecule has 10 nitrogen and oxygen atoms in total. The number of nitrogens with zero attached hydrogens (tertiary/aromatic N) is 4. The lowest BCUT2D eigenvalue weighted by Crippen LogP contribution is -2.35. The number of likely N-dealkylation sites (tertiary alicyclic amines) is 1. The van der Waals surface area contributed by atoms with Gasteiger partial charge in [0, 0.05) is 24.2 Å². The Morgan fingerprint density at radius 1 is 0.849 bits per heavy atom. The van der Waals surface area contributed by atoms with Crippen LogP contribution in [-0.4, -0.2) is 59.7 Å². The summed E-state index contributed by atoms with van der Waals surface area (Å²) >= 11 is 0. The van der Waals surface area contributed by atoms with Crippen LogP contribution in [0.25, 0.3) is 44.7 Å². The van der Waals surface area contributed by atoms with E-state index in [0.717, 1.165) is 69.6 Å². The van der Waals surface area contributed by atoms with Gasteiger partial charge in [0.15, 0.2) is 6.10 Å². The van der Waals surface area contributed by atoms with E-state index in [4.69, 9.17) is 14.4 Å². The summed E-state index contributed by atoms with van der Waals surface area (Å²) < 4.78 is 6.38. The fourth-order valence-electron chi connectivity index (χ4n) is 7.40. The van der Waals surface area contributed by atoms with Crippen LogP contribution in [0.5, 0.6) is 0 Å². The Bertz CT molecular complexity index is 2380. The predicted octanol–water partition coefficient (Wildman–Crippen LogP) is 8.31. The van der Waals surface area contributed by atoms with Crippen molar-refractivity contribution >= 4 is 33.9 Å². The van der Waals surface area contributed by atoms with E-state index in [1.54, 1.807) is 17.0 Å². The number of aliphatic hydroxyl groups excluding tert-OH is 1. The van der Waals surface area contributed by atoms with Gasteiger partial charge in [-0.3, -0.25) is 9.59 Å². The van der Waals surface area contributed by atoms with Crippen molar-refractivity contribution in [1.29, 1.82) is 0 Å². The van der Waals surface area contributed by atoms with Gasteiger partial charge < -0.3 is 29.3 Å². The third-order valence-electron chi connectivity index (χ3n) is 10.2. The molecule has 0 bridgehead atoms. The Balaban J connectivity index is 0.982. The van der Waals surface area contributed by atoms with Gasteiger partial charge in [-0.2, -0.15) is 0 Å². The van der Waals surface area contributed by atoms with Crippen molar-refractivity contribution in [3.05, 3.63) is 132 Å². The minimum atomic E-state index is -1.21. The molecule has 0 aliphatic carbocycles. The topological polar surface area (TPSA) is 131 Å². The van der Waals surface area contributed by atoms with Crippen molar-refractivity contribution in [2.75, 3.05) is 13.1 Å². The van der Waals surface area contributed by atoms with Crippen LogP contribution in [0.1, 0.15) is 73.9 Å². The first-order chi connectivity index (χ1) is 25.9. The number of imidazole rings is 2. The molecule has 1 saturated heterocycles. The molecule has 0 saturated carbocycles. The molecule has 0 spiro atoms. The highest BCUT2D eigenvalue weighted by molar-refractivity contribution is 5.85. The molecule has 1 aliphatic heterocycles. The highest BCUT2D eigenvalue weighted by Gasteiger charge is 2.35. The van der Waals surface area contributed by atoms with E-state index in [9.17, 15) is 14.7 Å². The number of fused-ring (bicyclic) bond motifs is 2. The third-order valence-corrected chi connectivity index (χ3v) is 10.2. The number of H-pyrrole nitrogens is 2. The van der Waals surface area contributed by atoms with E-state index in [1.807, 2.05) is 109 Å². The fraction of sp³-hybridized carbons (Fsp3) is 0.256. The van der Waals surface area contributed by atoms with E-state index in [2.05, 4.69) is 16.9 Å². The van der Waals surface area contributed by atoms with E-state index >= 15 is 0 Å². The summed E-state index contributed by atoms with van der Waals surface area (Å²) in [5.41, 5.74) is 6.74. The quantitative estimate of drug-likeness (QED) is 0.124. The minimum Gasteiger partial charge on any atom is -0.456 e. The zero-order chi connectivity index (χ0) is 36.5. The number of aliphatic hydroxyl groups is 1. The van der Waals surface area contributed by atoms with Gasteiger partial charge in [-0.1, -0.05) is 67.6 Å². The molecule has 10 heteroatoms. The van der Waals surface area contributed by atoms with E-state index in [-0.39, 0.29) is 23.8 Å². The van der Waals surface area contributed by atoms with Crippen LogP contribution in [0, 0.1) is 0 Å². The number of hydrogen-bond acceptors (Lipinski definition) is 6. The van der Waals surface area contributed by atoms with Crippen LogP contribution in [0.2, 0.25) is 0 Å². The molecule has 268 valence electrons. The molecule has 1 fully saturated rings. The van der Waals surface area contributed by atoms with Crippen LogP contribution in [-0.2, 0) is 16.1 Å². The monoisotopic (exact) mass is 706 g/mol. The van der Waals surface area contributed by atoms with E-state index in [1.165, 1.54) is 0 Å². The highest BCUT2D eigenvalue weighted by atomic mass is 16.3. The molecular formula is C43H42N6O4. The van der Waals surface area contributed by atoms with Crippen LogP contribution >= 0.6 is 0 Å². The number of nitrogens with one attached hydrogen (secondary N) is 2. The Hall–Kier alpha value is -6.00. The van der Waals surface area contributed by atoms with Crippen molar-refractivity contribution in [1.82, 2.24) is 29.7 Å². The summed E-state index contributed by atoms with van der Waals surface area (Å²) in [6.45, 7) is 5.66. The van der Waals surface area contributed by atoms with Crippen LogP contribution in [0.4, 0.5) is 0 Å². The second-order valence-electron chi connectivity index (χ2n) is 13.8. The summed E-state index contributed by atoms with van der Waals surface area (Å²) in [5, 5.41) is 10.8. The normalized spacial score (nSPS) is 15.6. The average molecular weight is 707 g/mol. The molecule has 7 aromatic rings. The summed E-state index contributed by atoms with van der Waals surface area (Å²) in [4.78, 5) is 47.0. The molecule has 1 aliphatic rings. The molecule has 0 unspecified atom stereocenters. The summed E-state index contributed by atoms with van der Waals surface area (Å²) in [6, 6.07) is 34.6. The fourth-order valence-corrected chi connectivity index (χ4v) is 7.40. The maximum atomic E-state index is 13.5. The molecule has 0 radical (unpaired) electrons. The van der Waals surface area contributed by atoms with Gasteiger partial charge in [0.25, 0.3) is 5.91 Å². The predicted molar refractivity (Wildman–Crippen MR) is 205 cm³/mol. The number of furan rings is 1. The molecule has 3 N–H and O–H groups in total. The van der Waals surface area contributed by atoms with Crippen LogP contribution in [0.15, 0.2) is 114 Å². The number of amides is 2. The molecule has 3 atom stereocenters. The first-order valence-corrected chi connectivity index (χ1v) is 18.3. The number of rotatable bonds is 11. The van der Waals surface area contributed by atoms with E-state index < -0.39 is 6.10 Å².